The van der Waals surface area contributed by atoms with Gasteiger partial charge in [-0.1, -0.05) is 32.0 Å². The van der Waals surface area contributed by atoms with Gasteiger partial charge in [-0.15, -0.1) is 9.24 Å². The average molecular weight is 452 g/mol. The maximum Gasteiger partial charge on any atom is 0.256 e. The summed E-state index contributed by atoms with van der Waals surface area (Å²) in [5.74, 6) is -0.0228. The molecule has 2 aromatic heterocycles. The van der Waals surface area contributed by atoms with Crippen molar-refractivity contribution in [3.63, 3.8) is 0 Å². The van der Waals surface area contributed by atoms with E-state index in [1.54, 1.807) is 25.1 Å². The van der Waals surface area contributed by atoms with Gasteiger partial charge in [0.05, 0.1) is 11.4 Å². The van der Waals surface area contributed by atoms with E-state index in [0.717, 1.165) is 11.1 Å². The molecule has 2 heterocycles. The third-order valence-electron chi connectivity index (χ3n) is 4.62. The largest absolute Gasteiger partial charge is 0.399 e. The van der Waals surface area contributed by atoms with Gasteiger partial charge in [0.25, 0.3) is 5.56 Å². The fourth-order valence-corrected chi connectivity index (χ4v) is 3.69. The number of anilines is 1. The van der Waals surface area contributed by atoms with E-state index < -0.39 is 5.82 Å². The molecule has 8 heteroatoms. The Bertz CT molecular complexity index is 1300. The standard InChI is InChI=1S/C21H18FN4OP.C2H6.CH2O/c1-11-6-7-13(23)10-15(11)19-14-8-9-18(27)26(21(14)25-12(2)24-19)20-16(22)4-3-5-17(20)28;2*1-2/h3-10H,23,28H2,1-2H3;1-2H3;1H2. The molecule has 2 aromatic carbocycles. The minimum Gasteiger partial charge on any atom is -0.399 e. The van der Waals surface area contributed by atoms with Crippen molar-refractivity contribution in [3.8, 4) is 16.9 Å². The van der Waals surface area contributed by atoms with E-state index in [0.29, 0.717) is 33.5 Å². The summed E-state index contributed by atoms with van der Waals surface area (Å²) in [6.07, 6.45) is 0. The van der Waals surface area contributed by atoms with Gasteiger partial charge in [0.1, 0.15) is 18.4 Å². The monoisotopic (exact) mass is 452 g/mol. The number of nitrogens with two attached hydrogens (primary N) is 1. The molecule has 0 amide bonds. The molecule has 1 atom stereocenters. The fraction of sp³-hybridized carbons (Fsp3) is 0.167. The number of carbonyl (C=O) groups excluding carboxylic acids is 1. The van der Waals surface area contributed by atoms with E-state index in [-0.39, 0.29) is 11.2 Å². The molecule has 4 rings (SSSR count). The van der Waals surface area contributed by atoms with Crippen molar-refractivity contribution < 1.29 is 9.18 Å². The summed E-state index contributed by atoms with van der Waals surface area (Å²) in [4.78, 5) is 29.8. The van der Waals surface area contributed by atoms with Crippen LogP contribution in [0.15, 0.2) is 53.3 Å². The van der Waals surface area contributed by atoms with Crippen molar-refractivity contribution in [3.05, 3.63) is 76.1 Å². The number of para-hydroxylation sites is 1. The second-order valence-electron chi connectivity index (χ2n) is 6.62. The Balaban J connectivity index is 0.000000860. The number of hydrogen-bond donors (Lipinski definition) is 1. The van der Waals surface area contributed by atoms with Crippen molar-refractivity contribution in [1.82, 2.24) is 14.5 Å². The smallest absolute Gasteiger partial charge is 0.256 e. The van der Waals surface area contributed by atoms with Gasteiger partial charge in [-0.05, 0) is 49.0 Å². The van der Waals surface area contributed by atoms with Crippen molar-refractivity contribution >= 4 is 38.1 Å². The Labute approximate surface area is 188 Å². The van der Waals surface area contributed by atoms with Crippen molar-refractivity contribution in [1.29, 1.82) is 0 Å². The minimum absolute atomic E-state index is 0.163. The highest BCUT2D eigenvalue weighted by Crippen LogP contribution is 2.30. The number of aryl methyl sites for hydroxylation is 2. The summed E-state index contributed by atoms with van der Waals surface area (Å²) < 4.78 is 16.0. The van der Waals surface area contributed by atoms with Crippen LogP contribution >= 0.6 is 9.24 Å². The van der Waals surface area contributed by atoms with E-state index in [1.807, 2.05) is 45.8 Å². The van der Waals surface area contributed by atoms with Crippen LogP contribution in [0.3, 0.4) is 0 Å². The van der Waals surface area contributed by atoms with Crippen LogP contribution in [0.1, 0.15) is 25.2 Å². The van der Waals surface area contributed by atoms with Crippen LogP contribution in [-0.4, -0.2) is 21.3 Å². The fourth-order valence-electron chi connectivity index (χ4n) is 3.31. The minimum atomic E-state index is -0.500. The molecule has 0 aliphatic rings. The van der Waals surface area contributed by atoms with Gasteiger partial charge >= 0.3 is 0 Å². The van der Waals surface area contributed by atoms with Crippen LogP contribution in [0, 0.1) is 19.7 Å². The van der Waals surface area contributed by atoms with Crippen LogP contribution in [-0.2, 0) is 4.79 Å². The van der Waals surface area contributed by atoms with Gasteiger partial charge in [-0.25, -0.2) is 14.4 Å². The number of halogens is 1. The first-order valence-corrected chi connectivity index (χ1v) is 10.5. The number of fused-ring (bicyclic) bond motifs is 1. The topological polar surface area (TPSA) is 90.9 Å². The first-order valence-electron chi connectivity index (χ1n) is 9.97. The Morgan fingerprint density at radius 2 is 1.72 bits per heavy atom. The molecule has 0 saturated carbocycles. The SMILES string of the molecule is C=O.CC.Cc1nc(-c2cc(N)ccc2C)c2ccc(=O)n(-c3c(F)cccc3P)c2n1. The van der Waals surface area contributed by atoms with E-state index in [9.17, 15) is 9.18 Å². The molecule has 4 aromatic rings. The van der Waals surface area contributed by atoms with Gasteiger partial charge in [0, 0.05) is 22.7 Å². The number of hydrogen-bond acceptors (Lipinski definition) is 5. The zero-order chi connectivity index (χ0) is 24.0. The summed E-state index contributed by atoms with van der Waals surface area (Å²) in [6.45, 7) is 9.71. The van der Waals surface area contributed by atoms with Crippen molar-refractivity contribution in [2.75, 3.05) is 5.73 Å². The van der Waals surface area contributed by atoms with Crippen molar-refractivity contribution in [2.24, 2.45) is 0 Å². The summed E-state index contributed by atoms with van der Waals surface area (Å²) >= 11 is 0. The quantitative estimate of drug-likeness (QED) is 0.365. The molecular formula is C24H26FN4O2P. The number of nitrogen functional groups attached to an aromatic ring is 1. The summed E-state index contributed by atoms with van der Waals surface area (Å²) in [7, 11) is 2.47. The molecule has 1 unspecified atom stereocenters. The molecule has 166 valence electrons. The van der Waals surface area contributed by atoms with Crippen LogP contribution in [0.25, 0.3) is 28.0 Å². The van der Waals surface area contributed by atoms with Gasteiger partial charge in [0.15, 0.2) is 5.65 Å². The van der Waals surface area contributed by atoms with E-state index in [4.69, 9.17) is 10.5 Å². The predicted octanol–water partition coefficient (Wildman–Crippen LogP) is 4.13. The molecule has 0 spiro atoms. The van der Waals surface area contributed by atoms with Gasteiger partial charge in [-0.3, -0.25) is 9.36 Å². The summed E-state index contributed by atoms with van der Waals surface area (Å²) in [5.41, 5.74) is 9.23. The van der Waals surface area contributed by atoms with E-state index in [1.165, 1.54) is 16.7 Å². The maximum absolute atomic E-state index is 14.7. The van der Waals surface area contributed by atoms with Gasteiger partial charge < -0.3 is 10.5 Å². The average Bonchev–Trinajstić information content (AvgIpc) is 2.79. The lowest BCUT2D eigenvalue weighted by Gasteiger charge is -2.16. The second kappa shape index (κ2) is 10.7. The Kier molecular flexibility index (Phi) is 8.33. The highest BCUT2D eigenvalue weighted by atomic mass is 31.0. The lowest BCUT2D eigenvalue weighted by molar-refractivity contribution is -0.0979. The third-order valence-corrected chi connectivity index (χ3v) is 5.09. The number of pyridine rings is 1. The Morgan fingerprint density at radius 3 is 2.38 bits per heavy atom. The normalized spacial score (nSPS) is 10.1. The Hall–Kier alpha value is -3.44. The molecule has 0 fully saturated rings. The van der Waals surface area contributed by atoms with Crippen LogP contribution in [0.2, 0.25) is 0 Å². The molecule has 2 N–H and O–H groups in total. The first-order chi connectivity index (χ1) is 15.4. The van der Waals surface area contributed by atoms with Crippen LogP contribution < -0.4 is 16.6 Å². The third kappa shape index (κ3) is 4.73. The zero-order valence-electron chi connectivity index (χ0n) is 18.5. The van der Waals surface area contributed by atoms with Crippen LogP contribution in [0.4, 0.5) is 10.1 Å². The number of rotatable bonds is 2. The van der Waals surface area contributed by atoms with E-state index in [2.05, 4.69) is 19.2 Å². The lowest BCUT2D eigenvalue weighted by Crippen LogP contribution is -2.24. The number of benzene rings is 2. The maximum atomic E-state index is 14.7. The molecule has 0 aliphatic carbocycles. The summed E-state index contributed by atoms with van der Waals surface area (Å²) in [6, 6.07) is 13.3. The molecule has 6 nitrogen and oxygen atoms in total. The molecule has 32 heavy (non-hydrogen) atoms. The number of carbonyl (C=O) groups is 1. The second-order valence-corrected chi connectivity index (χ2v) is 7.24. The highest BCUT2D eigenvalue weighted by Gasteiger charge is 2.18. The Morgan fingerprint density at radius 1 is 1.03 bits per heavy atom. The zero-order valence-corrected chi connectivity index (χ0v) is 19.7. The molecule has 0 radical (unpaired) electrons. The van der Waals surface area contributed by atoms with E-state index >= 15 is 0 Å². The first kappa shape index (κ1) is 24.8. The molecular weight excluding hydrogens is 426 g/mol. The predicted molar refractivity (Wildman–Crippen MR) is 132 cm³/mol. The van der Waals surface area contributed by atoms with Gasteiger partial charge in [0.2, 0.25) is 0 Å². The molecule has 0 aliphatic heterocycles. The number of nitrogens with zero attached hydrogens (tertiary/aromatic N) is 3. The molecule has 0 saturated heterocycles. The van der Waals surface area contributed by atoms with Gasteiger partial charge in [-0.2, -0.15) is 0 Å². The summed E-state index contributed by atoms with van der Waals surface area (Å²) in [5, 5.41) is 1.21. The molecule has 0 bridgehead atoms. The number of aromatic nitrogens is 3. The highest BCUT2D eigenvalue weighted by molar-refractivity contribution is 7.27. The lowest BCUT2D eigenvalue weighted by atomic mass is 10.0. The van der Waals surface area contributed by atoms with Crippen LogP contribution in [0.5, 0.6) is 0 Å². The van der Waals surface area contributed by atoms with Crippen molar-refractivity contribution in [2.45, 2.75) is 27.7 Å².